The van der Waals surface area contributed by atoms with Crippen molar-refractivity contribution in [2.45, 2.75) is 72.2 Å². The molecule has 10 nitrogen and oxygen atoms in total. The van der Waals surface area contributed by atoms with E-state index in [1.54, 1.807) is 20.8 Å². The van der Waals surface area contributed by atoms with Gasteiger partial charge in [-0.25, -0.2) is 4.79 Å². The molecule has 0 aliphatic carbocycles. The maximum atomic E-state index is 12.6. The van der Waals surface area contributed by atoms with Gasteiger partial charge in [0.2, 0.25) is 12.4 Å². The van der Waals surface area contributed by atoms with E-state index in [2.05, 4.69) is 0 Å². The lowest BCUT2D eigenvalue weighted by Crippen LogP contribution is -2.61. The summed E-state index contributed by atoms with van der Waals surface area (Å²) in [7, 11) is 0. The minimum Gasteiger partial charge on any atom is -0.468 e. The molecule has 160 valence electrons. The number of aryl methyl sites for hydroxylation is 2. The monoisotopic (exact) mass is 412 g/mol. The summed E-state index contributed by atoms with van der Waals surface area (Å²) in [5, 5.41) is 0. The van der Waals surface area contributed by atoms with Crippen molar-refractivity contribution in [3.63, 3.8) is 0 Å². The lowest BCUT2D eigenvalue weighted by Gasteiger charge is -2.42. The highest BCUT2D eigenvalue weighted by Gasteiger charge is 2.52. The normalized spacial score (nSPS) is 26.3. The molecule has 5 atom stereocenters. The lowest BCUT2D eigenvalue weighted by atomic mass is 9.98. The van der Waals surface area contributed by atoms with Crippen molar-refractivity contribution in [3.05, 3.63) is 23.2 Å². The fourth-order valence-corrected chi connectivity index (χ4v) is 3.11. The summed E-state index contributed by atoms with van der Waals surface area (Å²) < 4.78 is 32.0. The molecule has 0 spiro atoms. The van der Waals surface area contributed by atoms with Crippen LogP contribution in [-0.4, -0.2) is 54.6 Å². The first-order chi connectivity index (χ1) is 13.5. The Kier molecular flexibility index (Phi) is 7.02. The van der Waals surface area contributed by atoms with Crippen molar-refractivity contribution >= 4 is 23.9 Å². The molecule has 1 saturated heterocycles. The molecule has 1 aromatic heterocycles. The van der Waals surface area contributed by atoms with Gasteiger partial charge < -0.3 is 28.1 Å². The Hall–Kier alpha value is -2.88. The summed E-state index contributed by atoms with van der Waals surface area (Å²) in [5.41, 5.74) is 0.753. The predicted molar refractivity (Wildman–Crippen MR) is 94.6 cm³/mol. The third kappa shape index (κ3) is 5.35. The van der Waals surface area contributed by atoms with E-state index in [0.29, 0.717) is 11.3 Å². The van der Waals surface area contributed by atoms with Gasteiger partial charge in [-0.15, -0.1) is 0 Å². The lowest BCUT2D eigenvalue weighted by molar-refractivity contribution is -0.286. The van der Waals surface area contributed by atoms with E-state index in [9.17, 15) is 19.2 Å². The van der Waals surface area contributed by atoms with Crippen molar-refractivity contribution in [2.75, 3.05) is 0 Å². The standard InChI is InChI=1S/C19H24O10/c1-8-7-24-9(2)14(8)18(23)29-19-17(28-13(6)22)16(27-12(5)21)15(10(3)25-19)26-11(4)20/h7,10,15-17,19H,1-6H3/t10-,15-,16+,17+,19-/m0/s1. The van der Waals surface area contributed by atoms with Crippen LogP contribution in [0.4, 0.5) is 0 Å². The second-order valence-corrected chi connectivity index (χ2v) is 6.69. The molecule has 1 aliphatic rings. The molecule has 0 unspecified atom stereocenters. The zero-order chi connectivity index (χ0) is 21.9. The molecule has 1 fully saturated rings. The Bertz CT molecular complexity index is 775. The van der Waals surface area contributed by atoms with Gasteiger partial charge in [-0.2, -0.15) is 0 Å². The summed E-state index contributed by atoms with van der Waals surface area (Å²) >= 11 is 0. The van der Waals surface area contributed by atoms with Crippen molar-refractivity contribution in [1.29, 1.82) is 0 Å². The van der Waals surface area contributed by atoms with Crippen LogP contribution in [0, 0.1) is 13.8 Å². The van der Waals surface area contributed by atoms with E-state index in [0.717, 1.165) is 13.8 Å². The topological polar surface area (TPSA) is 128 Å². The van der Waals surface area contributed by atoms with E-state index in [1.807, 2.05) is 0 Å². The molecule has 29 heavy (non-hydrogen) atoms. The second-order valence-electron chi connectivity index (χ2n) is 6.69. The van der Waals surface area contributed by atoms with Crippen LogP contribution in [0.1, 0.15) is 49.4 Å². The minimum atomic E-state index is -1.41. The molecule has 0 amide bonds. The molecule has 2 heterocycles. The summed E-state index contributed by atoms with van der Waals surface area (Å²) in [6, 6.07) is 0. The molecule has 2 rings (SSSR count). The Morgan fingerprint density at radius 1 is 0.828 bits per heavy atom. The number of furan rings is 1. The summed E-state index contributed by atoms with van der Waals surface area (Å²) in [6.45, 7) is 8.26. The highest BCUT2D eigenvalue weighted by molar-refractivity contribution is 5.92. The van der Waals surface area contributed by atoms with Gasteiger partial charge in [0.15, 0.2) is 12.2 Å². The van der Waals surface area contributed by atoms with Gasteiger partial charge in [-0.1, -0.05) is 0 Å². The van der Waals surface area contributed by atoms with Gasteiger partial charge >= 0.3 is 23.9 Å². The molecule has 0 N–H and O–H groups in total. The maximum Gasteiger partial charge on any atom is 0.344 e. The first-order valence-electron chi connectivity index (χ1n) is 8.94. The molecule has 0 bridgehead atoms. The van der Waals surface area contributed by atoms with Crippen molar-refractivity contribution in [3.8, 4) is 0 Å². The molecule has 0 aromatic carbocycles. The van der Waals surface area contributed by atoms with Crippen LogP contribution in [0.5, 0.6) is 0 Å². The van der Waals surface area contributed by atoms with E-state index in [-0.39, 0.29) is 5.56 Å². The van der Waals surface area contributed by atoms with Crippen LogP contribution in [0.3, 0.4) is 0 Å². The highest BCUT2D eigenvalue weighted by atomic mass is 16.7. The Morgan fingerprint density at radius 2 is 1.34 bits per heavy atom. The molecular weight excluding hydrogens is 388 g/mol. The third-order valence-electron chi connectivity index (χ3n) is 4.22. The van der Waals surface area contributed by atoms with Crippen LogP contribution in [0.2, 0.25) is 0 Å². The number of carbonyl (C=O) groups is 4. The van der Waals surface area contributed by atoms with E-state index >= 15 is 0 Å². The molecule has 1 aliphatic heterocycles. The van der Waals surface area contributed by atoms with Crippen LogP contribution >= 0.6 is 0 Å². The van der Waals surface area contributed by atoms with Crippen LogP contribution < -0.4 is 0 Å². The molecule has 1 aromatic rings. The van der Waals surface area contributed by atoms with Crippen molar-refractivity contribution in [1.82, 2.24) is 0 Å². The van der Waals surface area contributed by atoms with Crippen molar-refractivity contribution in [2.24, 2.45) is 0 Å². The molecule has 0 radical (unpaired) electrons. The fourth-order valence-electron chi connectivity index (χ4n) is 3.11. The Balaban J connectivity index is 2.36. The average molecular weight is 412 g/mol. The number of carbonyl (C=O) groups excluding carboxylic acids is 4. The van der Waals surface area contributed by atoms with E-state index < -0.39 is 54.6 Å². The van der Waals surface area contributed by atoms with Crippen molar-refractivity contribution < 1.29 is 47.3 Å². The minimum absolute atomic E-state index is 0.203. The molecule has 10 heteroatoms. The first-order valence-corrected chi connectivity index (χ1v) is 8.94. The number of esters is 4. The van der Waals surface area contributed by atoms with Gasteiger partial charge in [0, 0.05) is 26.3 Å². The van der Waals surface area contributed by atoms with E-state index in [4.69, 9.17) is 28.1 Å². The van der Waals surface area contributed by atoms with Crippen LogP contribution in [-0.2, 0) is 38.1 Å². The number of hydrogen-bond acceptors (Lipinski definition) is 10. The fraction of sp³-hybridized carbons (Fsp3) is 0.579. The van der Waals surface area contributed by atoms with Crippen LogP contribution in [0.25, 0.3) is 0 Å². The first kappa shape index (κ1) is 22.4. The van der Waals surface area contributed by atoms with Crippen LogP contribution in [0.15, 0.2) is 10.7 Å². The Labute approximate surface area is 167 Å². The van der Waals surface area contributed by atoms with Gasteiger partial charge in [0.05, 0.1) is 12.4 Å². The Morgan fingerprint density at radius 3 is 1.83 bits per heavy atom. The molecular formula is C19H24O10. The second kappa shape index (κ2) is 9.08. The van der Waals surface area contributed by atoms with Gasteiger partial charge in [0.1, 0.15) is 11.3 Å². The predicted octanol–water partition coefficient (Wildman–Crippen LogP) is 1.59. The quantitative estimate of drug-likeness (QED) is 0.519. The summed E-state index contributed by atoms with van der Waals surface area (Å²) in [6.07, 6.45) is -4.52. The smallest absolute Gasteiger partial charge is 0.344 e. The summed E-state index contributed by atoms with van der Waals surface area (Å²) in [5.74, 6) is -2.51. The highest BCUT2D eigenvalue weighted by Crippen LogP contribution is 2.30. The van der Waals surface area contributed by atoms with E-state index in [1.165, 1.54) is 13.2 Å². The maximum absolute atomic E-state index is 12.6. The number of ether oxygens (including phenoxy) is 5. The SMILES string of the molecule is CC(=O)O[C@@H]1[C@@H](OC(C)=O)[C@H](C)O[C@@H](OC(=O)c2c(C)coc2C)[C@@H]1OC(C)=O. The van der Waals surface area contributed by atoms with Gasteiger partial charge in [-0.3, -0.25) is 14.4 Å². The molecule has 0 saturated carbocycles. The zero-order valence-corrected chi connectivity index (χ0v) is 17.0. The number of hydrogen-bond donors (Lipinski definition) is 0. The zero-order valence-electron chi connectivity index (χ0n) is 17.0. The largest absolute Gasteiger partial charge is 0.468 e. The summed E-state index contributed by atoms with van der Waals surface area (Å²) in [4.78, 5) is 47.4. The van der Waals surface area contributed by atoms with Gasteiger partial charge in [0.25, 0.3) is 0 Å². The van der Waals surface area contributed by atoms with Gasteiger partial charge in [-0.05, 0) is 20.8 Å². The number of rotatable bonds is 5. The average Bonchev–Trinajstić information content (AvgIpc) is 2.92. The third-order valence-corrected chi connectivity index (χ3v) is 4.22.